The minimum Gasteiger partial charge on any atom is -0.480 e. The number of carboxylic acid groups (broad SMARTS) is 1. The van der Waals surface area contributed by atoms with Crippen LogP contribution in [0, 0.1) is 0 Å². The van der Waals surface area contributed by atoms with Crippen LogP contribution < -0.4 is 5.32 Å². The van der Waals surface area contributed by atoms with Gasteiger partial charge < -0.3 is 19.9 Å². The highest BCUT2D eigenvalue weighted by Crippen LogP contribution is 2.01. The van der Waals surface area contributed by atoms with Crippen LogP contribution in [-0.2, 0) is 11.3 Å². The van der Waals surface area contributed by atoms with Gasteiger partial charge in [-0.05, 0) is 0 Å². The number of urea groups is 1. The van der Waals surface area contributed by atoms with E-state index in [4.69, 9.17) is 5.11 Å². The molecule has 2 amide bonds. The van der Waals surface area contributed by atoms with Gasteiger partial charge in [-0.2, -0.15) is 0 Å². The zero-order valence-electron chi connectivity index (χ0n) is 11.2. The van der Waals surface area contributed by atoms with Crippen LogP contribution in [0.4, 0.5) is 4.79 Å². The SMILES string of the molecule is O=C(O)CN1CCN(C(=O)NCCn2ccnc2)CC1. The van der Waals surface area contributed by atoms with Gasteiger partial charge >= 0.3 is 12.0 Å². The van der Waals surface area contributed by atoms with Crippen molar-refractivity contribution in [3.8, 4) is 0 Å². The predicted octanol–water partition coefficient (Wildman–Crippen LogP) is -0.705. The summed E-state index contributed by atoms with van der Waals surface area (Å²) in [4.78, 5) is 30.0. The topological polar surface area (TPSA) is 90.7 Å². The van der Waals surface area contributed by atoms with Gasteiger partial charge in [-0.3, -0.25) is 9.69 Å². The highest BCUT2D eigenvalue weighted by atomic mass is 16.4. The summed E-state index contributed by atoms with van der Waals surface area (Å²) in [6.07, 6.45) is 5.25. The molecule has 1 aliphatic heterocycles. The second-order valence-electron chi connectivity index (χ2n) is 4.69. The average molecular weight is 281 g/mol. The minimum absolute atomic E-state index is 0.0378. The van der Waals surface area contributed by atoms with Crippen molar-refractivity contribution in [2.75, 3.05) is 39.3 Å². The Balaban J connectivity index is 1.65. The molecule has 0 aromatic carbocycles. The molecule has 1 aromatic rings. The fourth-order valence-corrected chi connectivity index (χ4v) is 2.12. The lowest BCUT2D eigenvalue weighted by Crippen LogP contribution is -2.52. The largest absolute Gasteiger partial charge is 0.480 e. The van der Waals surface area contributed by atoms with Crippen LogP contribution in [0.5, 0.6) is 0 Å². The van der Waals surface area contributed by atoms with E-state index in [9.17, 15) is 9.59 Å². The Bertz CT molecular complexity index is 440. The highest BCUT2D eigenvalue weighted by molar-refractivity contribution is 5.74. The van der Waals surface area contributed by atoms with Crippen LogP contribution in [0.25, 0.3) is 0 Å². The molecule has 2 N–H and O–H groups in total. The molecule has 0 bridgehead atoms. The Morgan fingerprint density at radius 2 is 2.00 bits per heavy atom. The lowest BCUT2D eigenvalue weighted by Gasteiger charge is -2.33. The molecule has 2 rings (SSSR count). The number of rotatable bonds is 5. The molecule has 0 spiro atoms. The van der Waals surface area contributed by atoms with E-state index in [0.717, 1.165) is 0 Å². The second-order valence-corrected chi connectivity index (χ2v) is 4.69. The number of piperazine rings is 1. The normalized spacial score (nSPS) is 16.1. The molecule has 8 heteroatoms. The Morgan fingerprint density at radius 1 is 1.25 bits per heavy atom. The number of amides is 2. The van der Waals surface area contributed by atoms with Crippen molar-refractivity contribution in [2.24, 2.45) is 0 Å². The first-order valence-corrected chi connectivity index (χ1v) is 6.58. The van der Waals surface area contributed by atoms with Crippen molar-refractivity contribution < 1.29 is 14.7 Å². The molecule has 1 aromatic heterocycles. The maximum Gasteiger partial charge on any atom is 0.317 e. The van der Waals surface area contributed by atoms with E-state index < -0.39 is 5.97 Å². The first-order valence-electron chi connectivity index (χ1n) is 6.58. The van der Waals surface area contributed by atoms with Crippen molar-refractivity contribution in [2.45, 2.75) is 6.54 Å². The summed E-state index contributed by atoms with van der Waals surface area (Å²) in [6.45, 7) is 3.59. The number of aliphatic carboxylic acids is 1. The van der Waals surface area contributed by atoms with Crippen LogP contribution >= 0.6 is 0 Å². The summed E-state index contributed by atoms with van der Waals surface area (Å²) in [5.41, 5.74) is 0. The number of nitrogens with zero attached hydrogens (tertiary/aromatic N) is 4. The van der Waals surface area contributed by atoms with E-state index in [1.165, 1.54) is 0 Å². The first kappa shape index (κ1) is 14.3. The summed E-state index contributed by atoms with van der Waals surface area (Å²) in [5.74, 6) is -0.830. The van der Waals surface area contributed by atoms with E-state index in [2.05, 4.69) is 10.3 Å². The third-order valence-electron chi connectivity index (χ3n) is 3.22. The standard InChI is InChI=1S/C12H19N5O3/c18-11(19)9-15-5-7-17(8-6-15)12(20)14-2-4-16-3-1-13-10-16/h1,3,10H,2,4-9H2,(H,14,20)(H,18,19). The van der Waals surface area contributed by atoms with E-state index in [1.54, 1.807) is 17.4 Å². The van der Waals surface area contributed by atoms with Gasteiger partial charge in [0.15, 0.2) is 0 Å². The Labute approximate surface area is 117 Å². The molecular formula is C12H19N5O3. The molecule has 0 atom stereocenters. The zero-order chi connectivity index (χ0) is 14.4. The predicted molar refractivity (Wildman–Crippen MR) is 71.3 cm³/mol. The van der Waals surface area contributed by atoms with Gasteiger partial charge in [0.2, 0.25) is 0 Å². The number of hydrogen-bond acceptors (Lipinski definition) is 4. The quantitative estimate of drug-likeness (QED) is 0.744. The van der Waals surface area contributed by atoms with Gasteiger partial charge in [-0.15, -0.1) is 0 Å². The molecule has 1 fully saturated rings. The van der Waals surface area contributed by atoms with Gasteiger partial charge in [0, 0.05) is 51.7 Å². The molecule has 0 radical (unpaired) electrons. The van der Waals surface area contributed by atoms with Crippen LogP contribution in [0.1, 0.15) is 0 Å². The van der Waals surface area contributed by atoms with Gasteiger partial charge in [-0.25, -0.2) is 9.78 Å². The molecule has 1 saturated heterocycles. The lowest BCUT2D eigenvalue weighted by molar-refractivity contribution is -0.138. The minimum atomic E-state index is -0.830. The maximum absolute atomic E-state index is 11.9. The van der Waals surface area contributed by atoms with E-state index in [-0.39, 0.29) is 12.6 Å². The summed E-state index contributed by atoms with van der Waals surface area (Å²) in [6, 6.07) is -0.0971. The summed E-state index contributed by atoms with van der Waals surface area (Å²) in [5, 5.41) is 11.6. The van der Waals surface area contributed by atoms with Crippen LogP contribution in [0.15, 0.2) is 18.7 Å². The van der Waals surface area contributed by atoms with Crippen molar-refractivity contribution in [1.29, 1.82) is 0 Å². The van der Waals surface area contributed by atoms with E-state index in [1.807, 2.05) is 15.7 Å². The zero-order valence-corrected chi connectivity index (χ0v) is 11.2. The number of nitrogens with one attached hydrogen (secondary N) is 1. The smallest absolute Gasteiger partial charge is 0.317 e. The first-order chi connectivity index (χ1) is 9.65. The molecule has 110 valence electrons. The fourth-order valence-electron chi connectivity index (χ4n) is 2.12. The van der Waals surface area contributed by atoms with Crippen molar-refractivity contribution >= 4 is 12.0 Å². The number of imidazole rings is 1. The van der Waals surface area contributed by atoms with Crippen molar-refractivity contribution in [3.63, 3.8) is 0 Å². The van der Waals surface area contributed by atoms with Gasteiger partial charge in [-0.1, -0.05) is 0 Å². The summed E-state index contributed by atoms with van der Waals surface area (Å²) >= 11 is 0. The van der Waals surface area contributed by atoms with Crippen LogP contribution in [0.3, 0.4) is 0 Å². The van der Waals surface area contributed by atoms with Gasteiger partial charge in [0.05, 0.1) is 12.9 Å². The number of hydrogen-bond donors (Lipinski definition) is 2. The molecule has 0 aliphatic carbocycles. The van der Waals surface area contributed by atoms with Gasteiger partial charge in [0.1, 0.15) is 0 Å². The third kappa shape index (κ3) is 4.23. The van der Waals surface area contributed by atoms with Crippen LogP contribution in [0.2, 0.25) is 0 Å². The molecule has 20 heavy (non-hydrogen) atoms. The number of carboxylic acids is 1. The third-order valence-corrected chi connectivity index (χ3v) is 3.22. The van der Waals surface area contributed by atoms with E-state index in [0.29, 0.717) is 39.3 Å². The van der Waals surface area contributed by atoms with Gasteiger partial charge in [0.25, 0.3) is 0 Å². The molecule has 8 nitrogen and oxygen atoms in total. The monoisotopic (exact) mass is 281 g/mol. The van der Waals surface area contributed by atoms with Crippen molar-refractivity contribution in [3.05, 3.63) is 18.7 Å². The molecular weight excluding hydrogens is 262 g/mol. The molecule has 0 unspecified atom stereocenters. The second kappa shape index (κ2) is 6.90. The van der Waals surface area contributed by atoms with Crippen LogP contribution in [-0.4, -0.2) is 75.7 Å². The Kier molecular flexibility index (Phi) is 4.94. The summed E-state index contributed by atoms with van der Waals surface area (Å²) in [7, 11) is 0. The molecule has 0 saturated carbocycles. The Hall–Kier alpha value is -2.09. The van der Waals surface area contributed by atoms with Crippen molar-refractivity contribution in [1.82, 2.24) is 24.7 Å². The number of aromatic nitrogens is 2. The molecule has 2 heterocycles. The number of carbonyl (C=O) groups excluding carboxylic acids is 1. The highest BCUT2D eigenvalue weighted by Gasteiger charge is 2.21. The Morgan fingerprint density at radius 3 is 2.60 bits per heavy atom. The average Bonchev–Trinajstić information content (AvgIpc) is 2.92. The molecule has 1 aliphatic rings. The lowest BCUT2D eigenvalue weighted by atomic mass is 10.3. The fraction of sp³-hybridized carbons (Fsp3) is 0.583. The maximum atomic E-state index is 11.9. The summed E-state index contributed by atoms with van der Waals surface area (Å²) < 4.78 is 1.89. The number of carbonyl (C=O) groups is 2. The van der Waals surface area contributed by atoms with E-state index >= 15 is 0 Å².